The third-order valence-corrected chi connectivity index (χ3v) is 5.22. The molecule has 0 bridgehead atoms. The fourth-order valence-electron chi connectivity index (χ4n) is 2.88. The van der Waals surface area contributed by atoms with Crippen molar-refractivity contribution in [3.05, 3.63) is 0 Å². The minimum absolute atomic E-state index is 0.0172. The van der Waals surface area contributed by atoms with Gasteiger partial charge >= 0.3 is 11.9 Å². The van der Waals surface area contributed by atoms with Crippen LogP contribution in [0.15, 0.2) is 0 Å². The van der Waals surface area contributed by atoms with Gasteiger partial charge in [0.1, 0.15) is 24.7 Å². The summed E-state index contributed by atoms with van der Waals surface area (Å²) >= 11 is 3.93. The molecule has 12 N–H and O–H groups in total. The molecule has 0 aromatic rings. The first-order valence-electron chi connectivity index (χ1n) is 11.3. The van der Waals surface area contributed by atoms with Gasteiger partial charge in [-0.25, -0.2) is 0 Å². The minimum Gasteiger partial charge on any atom is -0.481 e. The molecule has 0 aromatic heterocycles. The molecule has 0 spiro atoms. The van der Waals surface area contributed by atoms with Gasteiger partial charge in [0, 0.05) is 12.3 Å². The van der Waals surface area contributed by atoms with Crippen LogP contribution in [0.1, 0.15) is 33.1 Å². The molecule has 0 aliphatic heterocycles. The predicted octanol–water partition coefficient (Wildman–Crippen LogP) is -3.71. The Morgan fingerprint density at radius 1 is 0.865 bits per heavy atom. The van der Waals surface area contributed by atoms with E-state index in [2.05, 4.69) is 39.2 Å². The smallest absolute Gasteiger partial charge is 0.322 e. The normalized spacial score (nSPS) is 13.9. The number of carboxylic acids is 2. The number of hydrogen-bond acceptors (Lipinski definition) is 9. The molecule has 17 heteroatoms. The highest BCUT2D eigenvalue weighted by molar-refractivity contribution is 7.80. The molecule has 0 saturated heterocycles. The number of aliphatic carboxylic acids is 2. The number of nitrogens with one attached hydrogen (secondary N) is 6. The number of carboxylic acid groups (broad SMARTS) is 2. The molecule has 37 heavy (non-hydrogen) atoms. The summed E-state index contributed by atoms with van der Waals surface area (Å²) in [6, 6.07) is -5.12. The number of amides is 4. The predicted molar refractivity (Wildman–Crippen MR) is 135 cm³/mol. The third kappa shape index (κ3) is 13.9. The molecule has 0 aromatic carbocycles. The zero-order valence-electron chi connectivity index (χ0n) is 20.6. The molecule has 0 saturated carbocycles. The second kappa shape index (κ2) is 17.0. The molecular weight excluding hydrogens is 512 g/mol. The van der Waals surface area contributed by atoms with Crippen LogP contribution in [0.5, 0.6) is 0 Å². The molecule has 16 nitrogen and oxygen atoms in total. The average molecular weight is 549 g/mol. The fraction of sp³-hybridized carbons (Fsp3) is 0.650. The van der Waals surface area contributed by atoms with Gasteiger partial charge in [-0.1, -0.05) is 13.8 Å². The molecular formula is C20H36N8O8S. The number of hydrogen-bond donors (Lipinski definition) is 11. The Morgan fingerprint density at radius 3 is 1.92 bits per heavy atom. The number of carbonyl (C=O) groups excluding carboxylic acids is 4. The van der Waals surface area contributed by atoms with Gasteiger partial charge in [0.25, 0.3) is 0 Å². The van der Waals surface area contributed by atoms with E-state index in [1.807, 2.05) is 0 Å². The van der Waals surface area contributed by atoms with Gasteiger partial charge in [0.2, 0.25) is 23.6 Å². The molecule has 0 fully saturated rings. The maximum atomic E-state index is 13.0. The second-order valence-electron chi connectivity index (χ2n) is 8.33. The van der Waals surface area contributed by atoms with Crippen molar-refractivity contribution in [2.24, 2.45) is 17.4 Å². The summed E-state index contributed by atoms with van der Waals surface area (Å²) in [4.78, 5) is 72.5. The van der Waals surface area contributed by atoms with E-state index in [1.165, 1.54) is 0 Å². The van der Waals surface area contributed by atoms with Gasteiger partial charge in [-0.05, 0) is 18.8 Å². The number of nitrogens with two attached hydrogens (primary N) is 2. The van der Waals surface area contributed by atoms with Crippen molar-refractivity contribution in [1.82, 2.24) is 26.6 Å². The lowest BCUT2D eigenvalue weighted by molar-refractivity contribution is -0.142. The topological polar surface area (TPSA) is 279 Å². The highest BCUT2D eigenvalue weighted by Gasteiger charge is 2.32. The minimum atomic E-state index is -1.63. The molecule has 0 unspecified atom stereocenters. The monoisotopic (exact) mass is 548 g/mol. The lowest BCUT2D eigenvalue weighted by atomic mass is 10.0. The van der Waals surface area contributed by atoms with Crippen molar-refractivity contribution in [3.8, 4) is 0 Å². The van der Waals surface area contributed by atoms with E-state index < -0.39 is 78.6 Å². The van der Waals surface area contributed by atoms with Crippen molar-refractivity contribution in [2.75, 3.05) is 18.8 Å². The van der Waals surface area contributed by atoms with Crippen molar-refractivity contribution < 1.29 is 39.0 Å². The Labute approximate surface area is 219 Å². The molecule has 0 aliphatic carbocycles. The van der Waals surface area contributed by atoms with Crippen LogP contribution >= 0.6 is 12.6 Å². The van der Waals surface area contributed by atoms with Crippen LogP contribution in [-0.4, -0.2) is 94.7 Å². The Hall–Kier alpha value is -3.60. The van der Waals surface area contributed by atoms with Gasteiger partial charge in [-0.15, -0.1) is 0 Å². The van der Waals surface area contributed by atoms with Gasteiger partial charge in [-0.2, -0.15) is 12.6 Å². The highest BCUT2D eigenvalue weighted by atomic mass is 32.1. The van der Waals surface area contributed by atoms with E-state index >= 15 is 0 Å². The van der Waals surface area contributed by atoms with E-state index in [0.29, 0.717) is 0 Å². The van der Waals surface area contributed by atoms with Crippen LogP contribution in [0.25, 0.3) is 0 Å². The fourth-order valence-corrected chi connectivity index (χ4v) is 3.04. The number of carbonyl (C=O) groups is 6. The molecule has 0 heterocycles. The largest absolute Gasteiger partial charge is 0.481 e. The van der Waals surface area contributed by atoms with Gasteiger partial charge in [-0.3, -0.25) is 34.2 Å². The van der Waals surface area contributed by atoms with E-state index in [0.717, 1.165) is 0 Å². The van der Waals surface area contributed by atoms with Gasteiger partial charge in [0.05, 0.1) is 12.5 Å². The Morgan fingerprint density at radius 2 is 1.43 bits per heavy atom. The summed E-state index contributed by atoms with van der Waals surface area (Å²) in [5.41, 5.74) is 10.8. The lowest BCUT2D eigenvalue weighted by Crippen LogP contribution is -2.59. The van der Waals surface area contributed by atoms with Crippen LogP contribution in [0.2, 0.25) is 0 Å². The molecule has 210 valence electrons. The number of thiol groups is 1. The van der Waals surface area contributed by atoms with Crippen molar-refractivity contribution in [3.63, 3.8) is 0 Å². The summed E-state index contributed by atoms with van der Waals surface area (Å²) in [6.45, 7) is 2.64. The van der Waals surface area contributed by atoms with E-state index in [9.17, 15) is 33.9 Å². The van der Waals surface area contributed by atoms with Crippen LogP contribution < -0.4 is 38.1 Å². The van der Waals surface area contributed by atoms with E-state index in [-0.39, 0.29) is 31.1 Å². The average Bonchev–Trinajstić information content (AvgIpc) is 2.80. The summed E-state index contributed by atoms with van der Waals surface area (Å²) in [5.74, 6) is -6.97. The lowest BCUT2D eigenvalue weighted by Gasteiger charge is -2.26. The summed E-state index contributed by atoms with van der Waals surface area (Å²) in [5, 5.41) is 36.8. The third-order valence-electron chi connectivity index (χ3n) is 4.82. The molecule has 0 rings (SSSR count). The summed E-state index contributed by atoms with van der Waals surface area (Å²) in [6.07, 6.45) is -0.574. The second-order valence-corrected chi connectivity index (χ2v) is 8.70. The molecule has 4 amide bonds. The van der Waals surface area contributed by atoms with Crippen LogP contribution in [0.4, 0.5) is 0 Å². The Balaban J connectivity index is 5.63. The quantitative estimate of drug-likeness (QED) is 0.0364. The first kappa shape index (κ1) is 33.4. The van der Waals surface area contributed by atoms with Gasteiger partial charge < -0.3 is 48.3 Å². The maximum Gasteiger partial charge on any atom is 0.322 e. The zero-order chi connectivity index (χ0) is 28.7. The molecule has 0 radical (unpaired) electrons. The zero-order valence-corrected chi connectivity index (χ0v) is 21.5. The van der Waals surface area contributed by atoms with E-state index in [1.54, 1.807) is 13.8 Å². The van der Waals surface area contributed by atoms with Crippen LogP contribution in [0.3, 0.4) is 0 Å². The van der Waals surface area contributed by atoms with Crippen molar-refractivity contribution in [1.29, 1.82) is 5.41 Å². The number of guanidine groups is 1. The Kier molecular flexibility index (Phi) is 15.3. The van der Waals surface area contributed by atoms with Crippen molar-refractivity contribution >= 4 is 54.2 Å². The maximum absolute atomic E-state index is 13.0. The Bertz CT molecular complexity index is 856. The summed E-state index contributed by atoms with van der Waals surface area (Å²) < 4.78 is 0. The number of rotatable bonds is 17. The molecule has 4 atom stereocenters. The van der Waals surface area contributed by atoms with Crippen LogP contribution in [-0.2, 0) is 28.8 Å². The van der Waals surface area contributed by atoms with Gasteiger partial charge in [0.15, 0.2) is 5.96 Å². The first-order valence-corrected chi connectivity index (χ1v) is 11.9. The highest BCUT2D eigenvalue weighted by Crippen LogP contribution is 2.06. The molecule has 0 aliphatic rings. The SMILES string of the molecule is CC(C)[C@H](NC(=O)[C@H](CC(=O)O)NC(=O)[C@H](CCCNC(=N)N)NC(=O)[C@@H](N)CS)C(=O)NCC(=O)O. The van der Waals surface area contributed by atoms with Crippen LogP contribution in [0, 0.1) is 11.3 Å². The standard InChI is InChI=1S/C20H36N8O8S/c1-9(2)15(19(36)25-7-14(31)32)28-18(35)12(6-13(29)30)27-17(34)11(4-3-5-24-20(22)23)26-16(33)10(21)8-37/h9-12,15,37H,3-8,21H2,1-2H3,(H,25,36)(H,26,33)(H,27,34)(H,28,35)(H,29,30)(H,31,32)(H4,22,23,24)/t10-,11-,12-,15-/m0/s1. The van der Waals surface area contributed by atoms with Crippen molar-refractivity contribution in [2.45, 2.75) is 57.3 Å². The summed E-state index contributed by atoms with van der Waals surface area (Å²) in [7, 11) is 0. The van der Waals surface area contributed by atoms with E-state index in [4.69, 9.17) is 22.0 Å². The first-order chi connectivity index (χ1) is 17.2.